The second-order valence-electron chi connectivity index (χ2n) is 2.98. The van der Waals surface area contributed by atoms with E-state index in [2.05, 4.69) is 5.10 Å². The number of halogens is 1. The molecule has 2 heterocycles. The summed E-state index contributed by atoms with van der Waals surface area (Å²) >= 11 is 6.03. The van der Waals surface area contributed by atoms with E-state index in [1.807, 2.05) is 18.2 Å². The van der Waals surface area contributed by atoms with Crippen molar-refractivity contribution in [2.24, 2.45) is 5.73 Å². The van der Waals surface area contributed by atoms with Crippen molar-refractivity contribution in [3.63, 3.8) is 0 Å². The highest BCUT2D eigenvalue weighted by Crippen LogP contribution is 2.25. The summed E-state index contributed by atoms with van der Waals surface area (Å²) in [5, 5.41) is 14.1. The topological polar surface area (TPSA) is 63.5 Å². The Morgan fingerprint density at radius 2 is 2.36 bits per heavy atom. The monoisotopic (exact) mass is 211 g/mol. The normalized spacial score (nSPS) is 13.4. The van der Waals surface area contributed by atoms with Crippen molar-refractivity contribution >= 4 is 17.1 Å². The van der Waals surface area contributed by atoms with E-state index in [1.165, 1.54) is 0 Å². The summed E-state index contributed by atoms with van der Waals surface area (Å²) in [6.45, 7) is 0.115. The van der Waals surface area contributed by atoms with Crippen LogP contribution in [-0.4, -0.2) is 21.3 Å². The molecule has 0 amide bonds. The van der Waals surface area contributed by atoms with Crippen LogP contribution < -0.4 is 5.73 Å². The van der Waals surface area contributed by atoms with Crippen LogP contribution in [0.4, 0.5) is 0 Å². The highest BCUT2D eigenvalue weighted by molar-refractivity contribution is 6.34. The number of hydrogen-bond acceptors (Lipinski definition) is 3. The molecule has 0 aromatic carbocycles. The number of nitrogens with zero attached hydrogens (tertiary/aromatic N) is 2. The zero-order chi connectivity index (χ0) is 10.1. The van der Waals surface area contributed by atoms with Gasteiger partial charge in [0, 0.05) is 12.7 Å². The molecule has 0 spiro atoms. The van der Waals surface area contributed by atoms with E-state index < -0.39 is 6.10 Å². The number of pyridine rings is 1. The third-order valence-electron chi connectivity index (χ3n) is 2.04. The lowest BCUT2D eigenvalue weighted by Gasteiger charge is -2.02. The highest BCUT2D eigenvalue weighted by atomic mass is 35.5. The first-order chi connectivity index (χ1) is 6.74. The lowest BCUT2D eigenvalue weighted by Crippen LogP contribution is -2.12. The van der Waals surface area contributed by atoms with Crippen LogP contribution in [0.2, 0.25) is 5.02 Å². The van der Waals surface area contributed by atoms with Crippen LogP contribution in [0.15, 0.2) is 24.4 Å². The summed E-state index contributed by atoms with van der Waals surface area (Å²) in [5.74, 6) is 0. The van der Waals surface area contributed by atoms with E-state index in [0.717, 1.165) is 5.52 Å². The van der Waals surface area contributed by atoms with Gasteiger partial charge in [-0.3, -0.25) is 0 Å². The summed E-state index contributed by atoms with van der Waals surface area (Å²) in [5.41, 5.74) is 6.54. The van der Waals surface area contributed by atoms with Gasteiger partial charge in [0.1, 0.15) is 11.8 Å². The van der Waals surface area contributed by atoms with Gasteiger partial charge in [-0.25, -0.2) is 4.52 Å². The summed E-state index contributed by atoms with van der Waals surface area (Å²) < 4.78 is 1.62. The van der Waals surface area contributed by atoms with Crippen LogP contribution in [0.5, 0.6) is 0 Å². The maximum absolute atomic E-state index is 9.53. The van der Waals surface area contributed by atoms with Crippen LogP contribution in [0.3, 0.4) is 0 Å². The van der Waals surface area contributed by atoms with E-state index in [9.17, 15) is 5.11 Å². The zero-order valence-corrected chi connectivity index (χ0v) is 8.15. The number of aliphatic hydroxyl groups excluding tert-OH is 1. The summed E-state index contributed by atoms with van der Waals surface area (Å²) in [6, 6.07) is 5.54. The maximum atomic E-state index is 9.53. The Morgan fingerprint density at radius 1 is 1.57 bits per heavy atom. The fourth-order valence-corrected chi connectivity index (χ4v) is 1.62. The molecule has 0 aliphatic heterocycles. The molecule has 14 heavy (non-hydrogen) atoms. The summed E-state index contributed by atoms with van der Waals surface area (Å²) in [6.07, 6.45) is 0.968. The molecule has 0 aliphatic rings. The van der Waals surface area contributed by atoms with Crippen LogP contribution in [0.25, 0.3) is 5.52 Å². The highest BCUT2D eigenvalue weighted by Gasteiger charge is 2.16. The van der Waals surface area contributed by atoms with Crippen molar-refractivity contribution in [2.75, 3.05) is 6.54 Å². The number of hydrogen-bond donors (Lipinski definition) is 2. The van der Waals surface area contributed by atoms with Crippen molar-refractivity contribution in [1.82, 2.24) is 9.61 Å². The van der Waals surface area contributed by atoms with E-state index in [0.29, 0.717) is 10.7 Å². The lowest BCUT2D eigenvalue weighted by atomic mass is 10.2. The van der Waals surface area contributed by atoms with E-state index in [1.54, 1.807) is 10.7 Å². The molecule has 3 N–H and O–H groups in total. The van der Waals surface area contributed by atoms with Crippen molar-refractivity contribution in [3.8, 4) is 0 Å². The van der Waals surface area contributed by atoms with Crippen molar-refractivity contribution in [1.29, 1.82) is 0 Å². The molecule has 5 heteroatoms. The minimum Gasteiger partial charge on any atom is -0.385 e. The van der Waals surface area contributed by atoms with Crippen LogP contribution in [-0.2, 0) is 0 Å². The minimum atomic E-state index is -0.803. The molecule has 2 rings (SSSR count). The molecule has 0 fully saturated rings. The molecular weight excluding hydrogens is 202 g/mol. The minimum absolute atomic E-state index is 0.115. The van der Waals surface area contributed by atoms with Crippen LogP contribution in [0, 0.1) is 0 Å². The van der Waals surface area contributed by atoms with E-state index in [-0.39, 0.29) is 6.54 Å². The Balaban J connectivity index is 2.62. The molecule has 0 radical (unpaired) electrons. The SMILES string of the molecule is NCC(O)c1nn2ccccc2c1Cl. The van der Waals surface area contributed by atoms with Crippen LogP contribution >= 0.6 is 11.6 Å². The van der Waals surface area contributed by atoms with Crippen LogP contribution in [0.1, 0.15) is 11.8 Å². The Kier molecular flexibility index (Phi) is 2.41. The second kappa shape index (κ2) is 3.57. The van der Waals surface area contributed by atoms with Crippen molar-refractivity contribution in [3.05, 3.63) is 35.1 Å². The van der Waals surface area contributed by atoms with Crippen molar-refractivity contribution < 1.29 is 5.11 Å². The number of rotatable bonds is 2. The molecule has 1 unspecified atom stereocenters. The van der Waals surface area contributed by atoms with Gasteiger partial charge in [-0.1, -0.05) is 17.7 Å². The van der Waals surface area contributed by atoms with Gasteiger partial charge in [0.05, 0.1) is 10.5 Å². The predicted molar refractivity (Wildman–Crippen MR) is 54.2 cm³/mol. The Labute approximate surface area is 85.9 Å². The first kappa shape index (κ1) is 9.45. The number of aliphatic hydroxyl groups is 1. The summed E-state index contributed by atoms with van der Waals surface area (Å²) in [4.78, 5) is 0. The lowest BCUT2D eigenvalue weighted by molar-refractivity contribution is 0.181. The van der Waals surface area contributed by atoms with Gasteiger partial charge in [-0.05, 0) is 12.1 Å². The Morgan fingerprint density at radius 3 is 3.00 bits per heavy atom. The van der Waals surface area contributed by atoms with Gasteiger partial charge >= 0.3 is 0 Å². The quantitative estimate of drug-likeness (QED) is 0.779. The summed E-state index contributed by atoms with van der Waals surface area (Å²) in [7, 11) is 0. The fraction of sp³-hybridized carbons (Fsp3) is 0.222. The second-order valence-corrected chi connectivity index (χ2v) is 3.36. The molecule has 1 atom stereocenters. The number of nitrogens with two attached hydrogens (primary N) is 1. The number of aromatic nitrogens is 2. The molecule has 0 aliphatic carbocycles. The van der Waals surface area contributed by atoms with Gasteiger partial charge in [0.25, 0.3) is 0 Å². The average molecular weight is 212 g/mol. The Hall–Kier alpha value is -1.10. The fourth-order valence-electron chi connectivity index (χ4n) is 1.31. The van der Waals surface area contributed by atoms with Gasteiger partial charge < -0.3 is 10.8 Å². The molecule has 74 valence electrons. The van der Waals surface area contributed by atoms with Crippen molar-refractivity contribution in [2.45, 2.75) is 6.10 Å². The molecule has 0 saturated carbocycles. The first-order valence-corrected chi connectivity index (χ1v) is 4.62. The largest absolute Gasteiger partial charge is 0.385 e. The van der Waals surface area contributed by atoms with E-state index >= 15 is 0 Å². The van der Waals surface area contributed by atoms with Gasteiger partial charge in [-0.2, -0.15) is 5.10 Å². The third-order valence-corrected chi connectivity index (χ3v) is 2.43. The third kappa shape index (κ3) is 1.37. The number of fused-ring (bicyclic) bond motifs is 1. The van der Waals surface area contributed by atoms with Gasteiger partial charge in [-0.15, -0.1) is 0 Å². The smallest absolute Gasteiger partial charge is 0.112 e. The standard InChI is InChI=1S/C9H10ClN3O/c10-8-6-3-1-2-4-13(6)12-9(8)7(14)5-11/h1-4,7,14H,5,11H2. The molecule has 4 nitrogen and oxygen atoms in total. The van der Waals surface area contributed by atoms with Gasteiger partial charge in [0.2, 0.25) is 0 Å². The molecule has 2 aromatic heterocycles. The van der Waals surface area contributed by atoms with E-state index in [4.69, 9.17) is 17.3 Å². The first-order valence-electron chi connectivity index (χ1n) is 4.25. The average Bonchev–Trinajstić information content (AvgIpc) is 2.56. The maximum Gasteiger partial charge on any atom is 0.112 e. The zero-order valence-electron chi connectivity index (χ0n) is 7.39. The Bertz CT molecular complexity index is 454. The molecular formula is C9H10ClN3O. The van der Waals surface area contributed by atoms with Gasteiger partial charge in [0.15, 0.2) is 0 Å². The molecule has 0 saturated heterocycles. The molecule has 0 bridgehead atoms. The predicted octanol–water partition coefficient (Wildman–Crippen LogP) is 0.980. The molecule has 2 aromatic rings.